The van der Waals surface area contributed by atoms with Gasteiger partial charge in [0.05, 0.1) is 5.69 Å². The van der Waals surface area contributed by atoms with Crippen LogP contribution in [0, 0.1) is 17.5 Å². The van der Waals surface area contributed by atoms with E-state index in [4.69, 9.17) is 0 Å². The second-order valence-electron chi connectivity index (χ2n) is 4.27. The van der Waals surface area contributed by atoms with Gasteiger partial charge in [-0.15, -0.1) is 0 Å². The largest absolute Gasteiger partial charge is 0.431 e. The van der Waals surface area contributed by atoms with Crippen molar-refractivity contribution in [2.24, 2.45) is 7.05 Å². The minimum absolute atomic E-state index is 0.0978. The van der Waals surface area contributed by atoms with Gasteiger partial charge in [-0.1, -0.05) is 0 Å². The highest BCUT2D eigenvalue weighted by atomic mass is 19.4. The topological polar surface area (TPSA) is 44.0 Å². The summed E-state index contributed by atoms with van der Waals surface area (Å²) in [6.07, 6.45) is -4.97. The average Bonchev–Trinajstić information content (AvgIpc) is 2.39. The van der Waals surface area contributed by atoms with Gasteiger partial charge in [-0.25, -0.2) is 22.5 Å². The molecule has 118 valence electrons. The molecule has 1 aromatic heterocycles. The van der Waals surface area contributed by atoms with Crippen LogP contribution in [-0.2, 0) is 13.2 Å². The summed E-state index contributed by atoms with van der Waals surface area (Å²) in [6.45, 7) is 0. The summed E-state index contributed by atoms with van der Waals surface area (Å²) in [7, 11) is 0.733. The third-order valence-corrected chi connectivity index (χ3v) is 2.84. The zero-order valence-electron chi connectivity index (χ0n) is 10.7. The fourth-order valence-corrected chi connectivity index (χ4v) is 1.81. The van der Waals surface area contributed by atoms with E-state index in [0.29, 0.717) is 12.1 Å². The number of aromatic nitrogens is 2. The van der Waals surface area contributed by atoms with Crippen LogP contribution < -0.4 is 11.2 Å². The lowest BCUT2D eigenvalue weighted by molar-refractivity contribution is -0.144. The van der Waals surface area contributed by atoms with E-state index >= 15 is 0 Å². The maximum Gasteiger partial charge on any atom is 0.431 e. The van der Waals surface area contributed by atoms with Crippen LogP contribution >= 0.6 is 0 Å². The molecule has 0 aliphatic carbocycles. The van der Waals surface area contributed by atoms with Crippen LogP contribution in [-0.4, -0.2) is 9.13 Å². The first-order valence-electron chi connectivity index (χ1n) is 5.59. The minimum Gasteiger partial charge on any atom is -0.292 e. The summed E-state index contributed by atoms with van der Waals surface area (Å²) in [5.41, 5.74) is -5.19. The molecule has 0 unspecified atom stereocenters. The predicted molar refractivity (Wildman–Crippen MR) is 62.2 cm³/mol. The molecule has 22 heavy (non-hydrogen) atoms. The molecular weight excluding hydrogens is 318 g/mol. The first-order chi connectivity index (χ1) is 10.0. The van der Waals surface area contributed by atoms with Crippen LogP contribution in [0.2, 0.25) is 0 Å². The van der Waals surface area contributed by atoms with Crippen LogP contribution in [0.4, 0.5) is 26.3 Å². The van der Waals surface area contributed by atoms with Crippen LogP contribution in [0.5, 0.6) is 0 Å². The van der Waals surface area contributed by atoms with Gasteiger partial charge in [-0.2, -0.15) is 13.2 Å². The Bertz CT molecular complexity index is 842. The van der Waals surface area contributed by atoms with E-state index in [1.165, 1.54) is 0 Å². The van der Waals surface area contributed by atoms with E-state index in [1.54, 1.807) is 0 Å². The summed E-state index contributed by atoms with van der Waals surface area (Å²) in [6, 6.07) is 0.753. The molecule has 2 aromatic rings. The fourth-order valence-electron chi connectivity index (χ4n) is 1.81. The summed E-state index contributed by atoms with van der Waals surface area (Å²) < 4.78 is 77.3. The van der Waals surface area contributed by atoms with E-state index in [2.05, 4.69) is 0 Å². The number of alkyl halides is 3. The molecule has 1 aromatic carbocycles. The van der Waals surface area contributed by atoms with Gasteiger partial charge in [-0.3, -0.25) is 9.36 Å². The Morgan fingerprint density at radius 1 is 0.955 bits per heavy atom. The van der Waals surface area contributed by atoms with Gasteiger partial charge in [0.15, 0.2) is 17.5 Å². The molecule has 0 aliphatic rings. The van der Waals surface area contributed by atoms with Crippen LogP contribution in [0.15, 0.2) is 27.8 Å². The van der Waals surface area contributed by atoms with Gasteiger partial charge in [0.1, 0.15) is 5.69 Å². The van der Waals surface area contributed by atoms with Crippen molar-refractivity contribution in [2.75, 3.05) is 0 Å². The Hall–Kier alpha value is -2.52. The molecule has 0 fully saturated rings. The molecule has 2 rings (SSSR count). The van der Waals surface area contributed by atoms with E-state index in [1.807, 2.05) is 0 Å². The molecule has 4 nitrogen and oxygen atoms in total. The summed E-state index contributed by atoms with van der Waals surface area (Å²) >= 11 is 0. The van der Waals surface area contributed by atoms with Gasteiger partial charge >= 0.3 is 11.9 Å². The Balaban J connectivity index is 2.82. The van der Waals surface area contributed by atoms with Crippen molar-refractivity contribution in [3.63, 3.8) is 0 Å². The number of rotatable bonds is 1. The van der Waals surface area contributed by atoms with Gasteiger partial charge in [0.2, 0.25) is 0 Å². The van der Waals surface area contributed by atoms with Crippen LogP contribution in [0.1, 0.15) is 5.69 Å². The van der Waals surface area contributed by atoms with Crippen molar-refractivity contribution >= 4 is 0 Å². The quantitative estimate of drug-likeness (QED) is 0.595. The number of hydrogen-bond donors (Lipinski definition) is 0. The first kappa shape index (κ1) is 15.9. The highest BCUT2D eigenvalue weighted by Crippen LogP contribution is 2.27. The molecular formula is C12H6F6N2O2. The Labute approximate surface area is 117 Å². The maximum atomic E-state index is 13.1. The molecule has 0 atom stereocenters. The summed E-state index contributed by atoms with van der Waals surface area (Å²) in [4.78, 5) is 23.5. The SMILES string of the molecule is Cn1c(C(F)(F)F)cc(=O)n(-c2cc(F)c(F)c(F)c2)c1=O. The van der Waals surface area contributed by atoms with Gasteiger partial charge in [-0.05, 0) is 0 Å². The second-order valence-corrected chi connectivity index (χ2v) is 4.27. The molecule has 0 N–H and O–H groups in total. The second kappa shape index (κ2) is 5.04. The van der Waals surface area contributed by atoms with Crippen molar-refractivity contribution in [3.05, 3.63) is 62.2 Å². The lowest BCUT2D eigenvalue weighted by Crippen LogP contribution is -2.40. The molecule has 0 saturated heterocycles. The van der Waals surface area contributed by atoms with Gasteiger partial charge < -0.3 is 0 Å². The normalized spacial score (nSPS) is 11.8. The zero-order valence-corrected chi connectivity index (χ0v) is 10.7. The van der Waals surface area contributed by atoms with E-state index in [9.17, 15) is 35.9 Å². The molecule has 1 heterocycles. The number of nitrogens with zero attached hydrogens (tertiary/aromatic N) is 2. The van der Waals surface area contributed by atoms with Crippen molar-refractivity contribution in [1.82, 2.24) is 9.13 Å². The third-order valence-electron chi connectivity index (χ3n) is 2.84. The Morgan fingerprint density at radius 2 is 1.45 bits per heavy atom. The molecule has 0 radical (unpaired) electrons. The van der Waals surface area contributed by atoms with Crippen molar-refractivity contribution in [1.29, 1.82) is 0 Å². The first-order valence-corrected chi connectivity index (χ1v) is 5.59. The minimum atomic E-state index is -4.97. The van der Waals surface area contributed by atoms with Crippen LogP contribution in [0.25, 0.3) is 5.69 Å². The molecule has 0 spiro atoms. The van der Waals surface area contributed by atoms with Gasteiger partial charge in [0.25, 0.3) is 5.56 Å². The Morgan fingerprint density at radius 3 is 1.91 bits per heavy atom. The number of halogens is 6. The average molecular weight is 324 g/mol. The van der Waals surface area contributed by atoms with Gasteiger partial charge in [0, 0.05) is 25.2 Å². The lowest BCUT2D eigenvalue weighted by Gasteiger charge is -2.14. The lowest BCUT2D eigenvalue weighted by atomic mass is 10.2. The Kier molecular flexibility index (Phi) is 3.63. The third kappa shape index (κ3) is 2.51. The number of hydrogen-bond acceptors (Lipinski definition) is 2. The molecule has 0 amide bonds. The van der Waals surface area contributed by atoms with Crippen molar-refractivity contribution in [2.45, 2.75) is 6.18 Å². The number of benzene rings is 1. The smallest absolute Gasteiger partial charge is 0.292 e. The fraction of sp³-hybridized carbons (Fsp3) is 0.167. The van der Waals surface area contributed by atoms with Crippen LogP contribution in [0.3, 0.4) is 0 Å². The van der Waals surface area contributed by atoms with E-state index in [-0.39, 0.29) is 15.2 Å². The summed E-state index contributed by atoms with van der Waals surface area (Å²) in [5, 5.41) is 0. The van der Waals surface area contributed by atoms with Crippen molar-refractivity contribution < 1.29 is 26.3 Å². The van der Waals surface area contributed by atoms with E-state index in [0.717, 1.165) is 7.05 Å². The highest BCUT2D eigenvalue weighted by molar-refractivity contribution is 5.34. The molecule has 0 aliphatic heterocycles. The predicted octanol–water partition coefficient (Wildman–Crippen LogP) is 1.97. The highest BCUT2D eigenvalue weighted by Gasteiger charge is 2.35. The maximum absolute atomic E-state index is 13.1. The zero-order chi connectivity index (χ0) is 16.8. The molecule has 0 saturated carbocycles. The van der Waals surface area contributed by atoms with E-state index < -0.39 is 46.3 Å². The van der Waals surface area contributed by atoms with Crippen molar-refractivity contribution in [3.8, 4) is 5.69 Å². The monoisotopic (exact) mass is 324 g/mol. The summed E-state index contributed by atoms with van der Waals surface area (Å²) in [5.74, 6) is -5.21. The molecule has 0 bridgehead atoms. The standard InChI is InChI=1S/C12H6F6N2O2/c1-19-8(12(16,17)18)4-9(21)20(11(19)22)5-2-6(13)10(15)7(14)3-5/h2-4H,1H3. The molecule has 10 heteroatoms.